The summed E-state index contributed by atoms with van der Waals surface area (Å²) in [6.07, 6.45) is -2.47. The molecule has 0 bridgehead atoms. The zero-order valence-electron chi connectivity index (χ0n) is 21.0. The number of aliphatic carboxylic acids is 2. The number of nitrogens with zero attached hydrogens (tertiary/aromatic N) is 4. The second kappa shape index (κ2) is 13.2. The molecule has 0 radical (unpaired) electrons. The minimum atomic E-state index is -5.08. The van der Waals surface area contributed by atoms with Crippen LogP contribution in [0.2, 0.25) is 0 Å². The molecule has 0 atom stereocenters. The van der Waals surface area contributed by atoms with Crippen molar-refractivity contribution in [2.75, 3.05) is 26.2 Å². The summed E-state index contributed by atoms with van der Waals surface area (Å²) in [4.78, 5) is 27.3. The summed E-state index contributed by atoms with van der Waals surface area (Å²) < 4.78 is 78.9. The van der Waals surface area contributed by atoms with Crippen molar-refractivity contribution in [2.45, 2.75) is 44.7 Å². The highest BCUT2D eigenvalue weighted by atomic mass is 19.4. The second-order valence-corrected chi connectivity index (χ2v) is 9.43. The molecule has 0 saturated carbocycles. The maximum absolute atomic E-state index is 13.4. The van der Waals surface area contributed by atoms with Crippen LogP contribution in [-0.2, 0) is 29.7 Å². The fraction of sp³-hybridized carbons (Fsp3) is 0.542. The number of hydrogen-bond acceptors (Lipinski definition) is 5. The van der Waals surface area contributed by atoms with Gasteiger partial charge in [-0.1, -0.05) is 12.1 Å². The van der Waals surface area contributed by atoms with E-state index in [0.717, 1.165) is 37.6 Å². The first kappa shape index (κ1) is 32.0. The van der Waals surface area contributed by atoms with Gasteiger partial charge < -0.3 is 14.8 Å². The van der Waals surface area contributed by atoms with Gasteiger partial charge in [0.05, 0.1) is 6.54 Å². The molecule has 0 amide bonds. The van der Waals surface area contributed by atoms with Crippen LogP contribution < -0.4 is 0 Å². The molecule has 2 fully saturated rings. The van der Waals surface area contributed by atoms with E-state index in [0.29, 0.717) is 5.41 Å². The van der Waals surface area contributed by atoms with Crippen molar-refractivity contribution >= 4 is 11.9 Å². The van der Waals surface area contributed by atoms with E-state index in [2.05, 4.69) is 26.4 Å². The molecule has 0 aliphatic carbocycles. The van der Waals surface area contributed by atoms with Crippen molar-refractivity contribution in [3.63, 3.8) is 0 Å². The first-order chi connectivity index (χ1) is 18.0. The molecule has 2 saturated heterocycles. The second-order valence-electron chi connectivity index (χ2n) is 9.43. The molecule has 1 aromatic carbocycles. The van der Waals surface area contributed by atoms with Crippen molar-refractivity contribution in [1.82, 2.24) is 19.4 Å². The number of halogens is 7. The Bertz CT molecular complexity index is 1070. The van der Waals surface area contributed by atoms with Gasteiger partial charge >= 0.3 is 24.3 Å². The minimum Gasteiger partial charge on any atom is -0.475 e. The van der Waals surface area contributed by atoms with E-state index in [1.54, 1.807) is 6.07 Å². The highest BCUT2D eigenvalue weighted by molar-refractivity contribution is 5.73. The summed E-state index contributed by atoms with van der Waals surface area (Å²) in [6, 6.07) is 7.01. The number of benzene rings is 1. The standard InChI is InChI=1S/C20H27FN4.2C2HF3O2/c1-23-12-8-22-19(23)15-25-11-7-20(16-25)5-9-24(10-6-20)14-17-3-2-4-18(21)13-17;2*3-2(4,5)1(6)7/h2-4,8,12-13H,5-7,9-11,14-16H2,1H3;2*(H,6,7). The van der Waals surface area contributed by atoms with Crippen LogP contribution in [0.1, 0.15) is 30.7 Å². The number of carboxylic acid groups (broad SMARTS) is 2. The summed E-state index contributed by atoms with van der Waals surface area (Å²) in [5.41, 5.74) is 1.56. The lowest BCUT2D eigenvalue weighted by atomic mass is 9.77. The predicted octanol–water partition coefficient (Wildman–Crippen LogP) is 4.31. The van der Waals surface area contributed by atoms with Crippen LogP contribution in [-0.4, -0.2) is 80.0 Å². The molecule has 2 aliphatic heterocycles. The van der Waals surface area contributed by atoms with Crippen LogP contribution in [0.4, 0.5) is 30.7 Å². The molecule has 0 unspecified atom stereocenters. The quantitative estimate of drug-likeness (QED) is 0.529. The third kappa shape index (κ3) is 10.5. The number of carbonyl (C=O) groups is 2. The first-order valence-corrected chi connectivity index (χ1v) is 11.8. The average Bonchev–Trinajstić information content (AvgIpc) is 3.41. The summed E-state index contributed by atoms with van der Waals surface area (Å²) >= 11 is 0. The fourth-order valence-corrected chi connectivity index (χ4v) is 4.40. The third-order valence-electron chi connectivity index (χ3n) is 6.50. The number of aryl methyl sites for hydroxylation is 1. The van der Waals surface area contributed by atoms with E-state index in [9.17, 15) is 30.7 Å². The van der Waals surface area contributed by atoms with Crippen molar-refractivity contribution in [3.8, 4) is 0 Å². The number of alkyl halides is 6. The van der Waals surface area contributed by atoms with E-state index in [4.69, 9.17) is 19.8 Å². The monoisotopic (exact) mass is 570 g/mol. The molecule has 1 spiro atoms. The van der Waals surface area contributed by atoms with Gasteiger partial charge in [-0.15, -0.1) is 0 Å². The fourth-order valence-electron chi connectivity index (χ4n) is 4.40. The lowest BCUT2D eigenvalue weighted by Gasteiger charge is -2.39. The number of hydrogen-bond donors (Lipinski definition) is 2. The molecule has 8 nitrogen and oxygen atoms in total. The number of aromatic nitrogens is 2. The summed E-state index contributed by atoms with van der Waals surface area (Å²) in [6.45, 7) is 6.42. The Hall–Kier alpha value is -3.20. The molecule has 2 aromatic rings. The van der Waals surface area contributed by atoms with E-state index < -0.39 is 24.3 Å². The van der Waals surface area contributed by atoms with E-state index in [-0.39, 0.29) is 5.82 Å². The maximum Gasteiger partial charge on any atom is 0.490 e. The highest BCUT2D eigenvalue weighted by Crippen LogP contribution is 2.41. The van der Waals surface area contributed by atoms with Crippen LogP contribution >= 0.6 is 0 Å². The predicted molar refractivity (Wildman–Crippen MR) is 124 cm³/mol. The van der Waals surface area contributed by atoms with Crippen molar-refractivity contribution < 1.29 is 50.5 Å². The van der Waals surface area contributed by atoms with Crippen LogP contribution in [0.15, 0.2) is 36.7 Å². The smallest absolute Gasteiger partial charge is 0.475 e. The lowest BCUT2D eigenvalue weighted by molar-refractivity contribution is -0.193. The van der Waals surface area contributed by atoms with E-state index >= 15 is 0 Å². The molecular weight excluding hydrogens is 541 g/mol. The molecular formula is C24H29F7N4O4. The lowest BCUT2D eigenvalue weighted by Crippen LogP contribution is -2.41. The third-order valence-corrected chi connectivity index (χ3v) is 6.50. The molecule has 218 valence electrons. The average molecular weight is 571 g/mol. The SMILES string of the molecule is Cn1ccnc1CN1CCC2(CCN(Cc3cccc(F)c3)CC2)C1.O=C(O)C(F)(F)F.O=C(O)C(F)(F)F. The van der Waals surface area contributed by atoms with Gasteiger partial charge in [0, 0.05) is 32.5 Å². The highest BCUT2D eigenvalue weighted by Gasteiger charge is 2.41. The maximum atomic E-state index is 13.4. The topological polar surface area (TPSA) is 98.9 Å². The number of likely N-dealkylation sites (tertiary alicyclic amines) is 2. The Morgan fingerprint density at radius 1 is 0.923 bits per heavy atom. The Labute approximate surface area is 219 Å². The van der Waals surface area contributed by atoms with Gasteiger partial charge in [-0.05, 0) is 62.0 Å². The van der Waals surface area contributed by atoms with E-state index in [1.807, 2.05) is 24.5 Å². The molecule has 1 aromatic heterocycles. The Kier molecular flexibility index (Phi) is 10.9. The Morgan fingerprint density at radius 3 is 1.87 bits per heavy atom. The molecule has 2 N–H and O–H groups in total. The zero-order valence-corrected chi connectivity index (χ0v) is 21.0. The van der Waals surface area contributed by atoms with Gasteiger partial charge in [0.1, 0.15) is 11.6 Å². The zero-order chi connectivity index (χ0) is 29.4. The largest absolute Gasteiger partial charge is 0.490 e. The van der Waals surface area contributed by atoms with Crippen molar-refractivity contribution in [1.29, 1.82) is 0 Å². The summed E-state index contributed by atoms with van der Waals surface area (Å²) in [7, 11) is 2.07. The first-order valence-electron chi connectivity index (χ1n) is 11.8. The minimum absolute atomic E-state index is 0.133. The van der Waals surface area contributed by atoms with Crippen LogP contribution in [0.25, 0.3) is 0 Å². The molecule has 15 heteroatoms. The van der Waals surface area contributed by atoms with Gasteiger partial charge in [0.25, 0.3) is 0 Å². The summed E-state index contributed by atoms with van der Waals surface area (Å²) in [5, 5.41) is 14.2. The van der Waals surface area contributed by atoms with Gasteiger partial charge in [0.15, 0.2) is 0 Å². The van der Waals surface area contributed by atoms with Gasteiger partial charge in [-0.25, -0.2) is 19.0 Å². The van der Waals surface area contributed by atoms with Gasteiger partial charge in [0.2, 0.25) is 0 Å². The van der Waals surface area contributed by atoms with Crippen LogP contribution in [0.3, 0.4) is 0 Å². The summed E-state index contributed by atoms with van der Waals surface area (Å²) in [5.74, 6) is -4.49. The molecule has 39 heavy (non-hydrogen) atoms. The number of piperidine rings is 1. The molecule has 3 heterocycles. The Balaban J connectivity index is 0.000000317. The molecule has 4 rings (SSSR count). The van der Waals surface area contributed by atoms with Crippen molar-refractivity contribution in [2.24, 2.45) is 12.5 Å². The molecule has 2 aliphatic rings. The number of rotatable bonds is 4. The van der Waals surface area contributed by atoms with Gasteiger partial charge in [-0.2, -0.15) is 26.3 Å². The number of imidazole rings is 1. The normalized spacial score (nSPS) is 17.6. The van der Waals surface area contributed by atoms with Gasteiger partial charge in [-0.3, -0.25) is 9.80 Å². The Morgan fingerprint density at radius 2 is 1.44 bits per heavy atom. The number of carboxylic acids is 2. The van der Waals surface area contributed by atoms with E-state index in [1.165, 1.54) is 38.4 Å². The van der Waals surface area contributed by atoms with Crippen molar-refractivity contribution in [3.05, 3.63) is 53.9 Å². The van der Waals surface area contributed by atoms with Crippen LogP contribution in [0, 0.1) is 11.2 Å². The van der Waals surface area contributed by atoms with Crippen LogP contribution in [0.5, 0.6) is 0 Å².